The van der Waals surface area contributed by atoms with E-state index in [4.69, 9.17) is 5.73 Å². The summed E-state index contributed by atoms with van der Waals surface area (Å²) in [5.41, 5.74) is 6.04. The van der Waals surface area contributed by atoms with Crippen LogP contribution in [0.15, 0.2) is 42.5 Å². The van der Waals surface area contributed by atoms with E-state index in [1.165, 1.54) is 0 Å². The fraction of sp³-hybridized carbons (Fsp3) is 0.133. The smallest absolute Gasteiger partial charge is 0.224 e. The van der Waals surface area contributed by atoms with Crippen LogP contribution < -0.4 is 11.1 Å². The van der Waals surface area contributed by atoms with Crippen molar-refractivity contribution in [1.29, 1.82) is 0 Å². The summed E-state index contributed by atoms with van der Waals surface area (Å²) in [6.45, 7) is 0. The molecule has 0 atom stereocenters. The molecule has 0 unspecified atom stereocenters. The summed E-state index contributed by atoms with van der Waals surface area (Å²) < 4.78 is 26.4. The van der Waals surface area contributed by atoms with Crippen LogP contribution in [0.1, 0.15) is 12.0 Å². The molecule has 1 amide bonds. The number of nitrogens with one attached hydrogen (secondary N) is 1. The van der Waals surface area contributed by atoms with Gasteiger partial charge in [-0.1, -0.05) is 30.3 Å². The Morgan fingerprint density at radius 2 is 1.80 bits per heavy atom. The molecular formula is C15H14F2N2O. The van der Waals surface area contributed by atoms with E-state index in [-0.39, 0.29) is 23.7 Å². The number of carbonyl (C=O) groups is 1. The number of halogens is 2. The number of carbonyl (C=O) groups excluding carboxylic acids is 1. The molecule has 0 fully saturated rings. The maximum atomic E-state index is 13.4. The minimum Gasteiger partial charge on any atom is -0.396 e. The van der Waals surface area contributed by atoms with E-state index in [1.54, 1.807) is 0 Å². The molecule has 0 heterocycles. The molecule has 0 aliphatic rings. The van der Waals surface area contributed by atoms with Crippen LogP contribution in [0.2, 0.25) is 0 Å². The fourth-order valence-corrected chi connectivity index (χ4v) is 1.78. The van der Waals surface area contributed by atoms with Gasteiger partial charge < -0.3 is 11.1 Å². The molecule has 0 saturated heterocycles. The summed E-state index contributed by atoms with van der Waals surface area (Å²) in [6.07, 6.45) is 0.756. The van der Waals surface area contributed by atoms with Gasteiger partial charge in [0.15, 0.2) is 0 Å². The molecule has 0 saturated carbocycles. The van der Waals surface area contributed by atoms with Crippen molar-refractivity contribution in [3.63, 3.8) is 0 Å². The Kier molecular flexibility index (Phi) is 4.30. The minimum atomic E-state index is -0.843. The molecule has 0 radical (unpaired) electrons. The van der Waals surface area contributed by atoms with E-state index in [2.05, 4.69) is 5.32 Å². The number of aryl methyl sites for hydroxylation is 1. The second-order valence-electron chi connectivity index (χ2n) is 4.39. The Morgan fingerprint density at radius 3 is 2.50 bits per heavy atom. The third-order valence-electron chi connectivity index (χ3n) is 2.84. The second-order valence-corrected chi connectivity index (χ2v) is 4.39. The van der Waals surface area contributed by atoms with Crippen molar-refractivity contribution in [3.8, 4) is 0 Å². The van der Waals surface area contributed by atoms with Gasteiger partial charge in [-0.05, 0) is 18.1 Å². The molecule has 0 spiro atoms. The summed E-state index contributed by atoms with van der Waals surface area (Å²) >= 11 is 0. The van der Waals surface area contributed by atoms with Crippen LogP contribution in [-0.4, -0.2) is 5.91 Å². The number of nitrogen functional groups attached to an aromatic ring is 1. The van der Waals surface area contributed by atoms with Crippen LogP contribution in [0.5, 0.6) is 0 Å². The molecule has 104 valence electrons. The zero-order valence-corrected chi connectivity index (χ0v) is 10.7. The first kappa shape index (κ1) is 14.0. The summed E-state index contributed by atoms with van der Waals surface area (Å²) in [4.78, 5) is 11.7. The molecule has 20 heavy (non-hydrogen) atoms. The monoisotopic (exact) mass is 276 g/mol. The first-order chi connectivity index (χ1) is 9.56. The van der Waals surface area contributed by atoms with E-state index in [0.29, 0.717) is 12.5 Å². The van der Waals surface area contributed by atoms with Crippen molar-refractivity contribution in [3.05, 3.63) is 59.7 Å². The van der Waals surface area contributed by atoms with Gasteiger partial charge in [-0.3, -0.25) is 4.79 Å². The topological polar surface area (TPSA) is 55.1 Å². The van der Waals surface area contributed by atoms with E-state index in [1.807, 2.05) is 30.3 Å². The molecule has 0 bridgehead atoms. The molecule has 3 nitrogen and oxygen atoms in total. The number of amides is 1. The predicted octanol–water partition coefficient (Wildman–Crippen LogP) is 3.12. The Hall–Kier alpha value is -2.43. The highest BCUT2D eigenvalue weighted by Crippen LogP contribution is 2.21. The van der Waals surface area contributed by atoms with Crippen molar-refractivity contribution >= 4 is 17.3 Å². The van der Waals surface area contributed by atoms with Gasteiger partial charge >= 0.3 is 0 Å². The first-order valence-electron chi connectivity index (χ1n) is 6.14. The van der Waals surface area contributed by atoms with E-state index in [9.17, 15) is 13.6 Å². The molecule has 3 N–H and O–H groups in total. The summed E-state index contributed by atoms with van der Waals surface area (Å²) in [5.74, 6) is -2.03. The van der Waals surface area contributed by atoms with Crippen LogP contribution in [0.25, 0.3) is 0 Å². The van der Waals surface area contributed by atoms with Gasteiger partial charge in [-0.2, -0.15) is 0 Å². The highest BCUT2D eigenvalue weighted by molar-refractivity contribution is 5.91. The Labute approximate surface area is 115 Å². The van der Waals surface area contributed by atoms with Crippen LogP contribution >= 0.6 is 0 Å². The largest absolute Gasteiger partial charge is 0.396 e. The third kappa shape index (κ3) is 3.54. The van der Waals surface area contributed by atoms with Crippen LogP contribution in [0.3, 0.4) is 0 Å². The van der Waals surface area contributed by atoms with E-state index in [0.717, 1.165) is 11.6 Å². The summed E-state index contributed by atoms with van der Waals surface area (Å²) in [5, 5.41) is 2.39. The van der Waals surface area contributed by atoms with Crippen molar-refractivity contribution in [2.45, 2.75) is 12.8 Å². The van der Waals surface area contributed by atoms with Gasteiger partial charge in [0.05, 0.1) is 11.4 Å². The van der Waals surface area contributed by atoms with Gasteiger partial charge in [0.2, 0.25) is 5.91 Å². The van der Waals surface area contributed by atoms with Gasteiger partial charge in [-0.15, -0.1) is 0 Å². The lowest BCUT2D eigenvalue weighted by molar-refractivity contribution is -0.116. The Morgan fingerprint density at radius 1 is 1.10 bits per heavy atom. The number of benzene rings is 2. The minimum absolute atomic E-state index is 0.109. The maximum Gasteiger partial charge on any atom is 0.224 e. The molecule has 0 aliphatic heterocycles. The van der Waals surface area contributed by atoms with Crippen LogP contribution in [-0.2, 0) is 11.2 Å². The quantitative estimate of drug-likeness (QED) is 0.843. The first-order valence-corrected chi connectivity index (χ1v) is 6.14. The number of hydrogen-bond donors (Lipinski definition) is 2. The highest BCUT2D eigenvalue weighted by Gasteiger charge is 2.10. The predicted molar refractivity (Wildman–Crippen MR) is 74.2 cm³/mol. The van der Waals surface area contributed by atoms with Gasteiger partial charge in [0.1, 0.15) is 11.6 Å². The second kappa shape index (κ2) is 6.14. The Bertz CT molecular complexity index is 615. The van der Waals surface area contributed by atoms with Gasteiger partial charge in [-0.25, -0.2) is 8.78 Å². The fourth-order valence-electron chi connectivity index (χ4n) is 1.78. The normalized spacial score (nSPS) is 10.3. The van der Waals surface area contributed by atoms with Crippen molar-refractivity contribution in [1.82, 2.24) is 0 Å². The van der Waals surface area contributed by atoms with Crippen LogP contribution in [0.4, 0.5) is 20.2 Å². The Balaban J connectivity index is 1.97. The average Bonchev–Trinajstić information content (AvgIpc) is 2.44. The molecule has 2 rings (SSSR count). The lowest BCUT2D eigenvalue weighted by Gasteiger charge is -2.08. The lowest BCUT2D eigenvalue weighted by Crippen LogP contribution is -2.14. The van der Waals surface area contributed by atoms with Gasteiger partial charge in [0, 0.05) is 12.5 Å². The standard InChI is InChI=1S/C15H14F2N2O/c16-11-8-12(17)14(9-13(11)18)19-15(20)7-6-10-4-2-1-3-5-10/h1-5,8-9H,6-7,18H2,(H,19,20). The zero-order chi connectivity index (χ0) is 14.5. The van der Waals surface area contributed by atoms with Crippen LogP contribution in [0, 0.1) is 11.6 Å². The molecule has 5 heteroatoms. The number of rotatable bonds is 4. The number of nitrogens with two attached hydrogens (primary N) is 1. The highest BCUT2D eigenvalue weighted by atomic mass is 19.1. The molecule has 2 aromatic carbocycles. The maximum absolute atomic E-state index is 13.4. The average molecular weight is 276 g/mol. The van der Waals surface area contributed by atoms with Crippen molar-refractivity contribution in [2.75, 3.05) is 11.1 Å². The molecule has 2 aromatic rings. The zero-order valence-electron chi connectivity index (χ0n) is 10.7. The molecule has 0 aromatic heterocycles. The molecule has 0 aliphatic carbocycles. The van der Waals surface area contributed by atoms with Crippen molar-refractivity contribution < 1.29 is 13.6 Å². The SMILES string of the molecule is Nc1cc(NC(=O)CCc2ccccc2)c(F)cc1F. The lowest BCUT2D eigenvalue weighted by atomic mass is 10.1. The van der Waals surface area contributed by atoms with E-state index >= 15 is 0 Å². The third-order valence-corrected chi connectivity index (χ3v) is 2.84. The van der Waals surface area contributed by atoms with E-state index < -0.39 is 11.6 Å². The summed E-state index contributed by atoms with van der Waals surface area (Å²) in [6, 6.07) is 11.2. The van der Waals surface area contributed by atoms with Gasteiger partial charge in [0.25, 0.3) is 0 Å². The summed E-state index contributed by atoms with van der Waals surface area (Å²) in [7, 11) is 0. The number of hydrogen-bond acceptors (Lipinski definition) is 2. The van der Waals surface area contributed by atoms with Crippen molar-refractivity contribution in [2.24, 2.45) is 0 Å². The molecular weight excluding hydrogens is 262 g/mol. The number of anilines is 2.